The van der Waals surface area contributed by atoms with Crippen LogP contribution in [0.5, 0.6) is 0 Å². The first-order valence-electron chi connectivity index (χ1n) is 5.47. The third kappa shape index (κ3) is 2.34. The van der Waals surface area contributed by atoms with Crippen LogP contribution in [-0.4, -0.2) is 11.5 Å². The third-order valence-electron chi connectivity index (χ3n) is 2.55. The van der Waals surface area contributed by atoms with Gasteiger partial charge in [-0.15, -0.1) is 0 Å². The second kappa shape index (κ2) is 4.81. The lowest BCUT2D eigenvalue weighted by Gasteiger charge is -2.08. The summed E-state index contributed by atoms with van der Waals surface area (Å²) in [7, 11) is 0. The predicted octanol–water partition coefficient (Wildman–Crippen LogP) is 3.31. The molecule has 1 N–H and O–H groups in total. The van der Waals surface area contributed by atoms with Gasteiger partial charge in [0.15, 0.2) is 0 Å². The Hall–Kier alpha value is -1.12. The summed E-state index contributed by atoms with van der Waals surface area (Å²) in [6.45, 7) is 5.94. The highest BCUT2D eigenvalue weighted by Gasteiger charge is 2.04. The van der Waals surface area contributed by atoms with Gasteiger partial charge in [-0.3, -0.25) is 4.98 Å². The molecule has 0 radical (unpaired) electrons. The van der Waals surface area contributed by atoms with E-state index in [0.717, 1.165) is 34.7 Å². The van der Waals surface area contributed by atoms with Crippen LogP contribution in [0.3, 0.4) is 0 Å². The van der Waals surface area contributed by atoms with Gasteiger partial charge in [0.2, 0.25) is 0 Å². The number of pyridine rings is 1. The van der Waals surface area contributed by atoms with Crippen LogP contribution in [-0.2, 0) is 6.54 Å². The van der Waals surface area contributed by atoms with E-state index in [1.165, 1.54) is 5.56 Å². The van der Waals surface area contributed by atoms with E-state index >= 15 is 0 Å². The molecule has 0 saturated carbocycles. The highest BCUT2D eigenvalue weighted by Crippen LogP contribution is 2.22. The molecule has 0 atom stereocenters. The van der Waals surface area contributed by atoms with Gasteiger partial charge in [0.1, 0.15) is 0 Å². The van der Waals surface area contributed by atoms with Crippen molar-refractivity contribution in [1.82, 2.24) is 10.3 Å². The molecule has 2 nitrogen and oxygen atoms in total. The smallest absolute Gasteiger partial charge is 0.0709 e. The fourth-order valence-electron chi connectivity index (χ4n) is 1.82. The maximum atomic E-state index is 6.02. The van der Waals surface area contributed by atoms with Crippen LogP contribution < -0.4 is 5.32 Å². The van der Waals surface area contributed by atoms with Gasteiger partial charge in [-0.05, 0) is 43.3 Å². The Bertz CT molecular complexity index is 509. The maximum Gasteiger partial charge on any atom is 0.0709 e. The second-order valence-corrected chi connectivity index (χ2v) is 4.30. The van der Waals surface area contributed by atoms with Gasteiger partial charge < -0.3 is 5.32 Å². The number of fused-ring (bicyclic) bond motifs is 1. The molecule has 1 aromatic carbocycles. The zero-order valence-corrected chi connectivity index (χ0v) is 10.3. The summed E-state index contributed by atoms with van der Waals surface area (Å²) in [6.07, 6.45) is 0. The summed E-state index contributed by atoms with van der Waals surface area (Å²) in [4.78, 5) is 4.50. The Kier molecular flexibility index (Phi) is 3.42. The number of halogens is 1. The van der Waals surface area contributed by atoms with Crippen molar-refractivity contribution in [2.24, 2.45) is 0 Å². The van der Waals surface area contributed by atoms with Crippen LogP contribution >= 0.6 is 11.6 Å². The van der Waals surface area contributed by atoms with Gasteiger partial charge >= 0.3 is 0 Å². The number of rotatable bonds is 3. The summed E-state index contributed by atoms with van der Waals surface area (Å²) < 4.78 is 0. The van der Waals surface area contributed by atoms with Gasteiger partial charge in [-0.2, -0.15) is 0 Å². The Morgan fingerprint density at radius 1 is 1.31 bits per heavy atom. The monoisotopic (exact) mass is 234 g/mol. The molecular formula is C13H15ClN2. The van der Waals surface area contributed by atoms with E-state index in [-0.39, 0.29) is 0 Å². The predicted molar refractivity (Wildman–Crippen MR) is 68.9 cm³/mol. The van der Waals surface area contributed by atoms with Crippen molar-refractivity contribution in [2.45, 2.75) is 20.4 Å². The molecule has 0 unspecified atom stereocenters. The normalized spacial score (nSPS) is 10.9. The number of nitrogens with zero attached hydrogens (tertiary/aromatic N) is 1. The minimum Gasteiger partial charge on any atom is -0.313 e. The highest BCUT2D eigenvalue weighted by molar-refractivity contribution is 6.31. The first-order valence-corrected chi connectivity index (χ1v) is 5.85. The quantitative estimate of drug-likeness (QED) is 0.882. The number of nitrogens with one attached hydrogen (secondary N) is 1. The SMILES string of the molecule is CCNCc1cc(C)nc2ccc(Cl)cc12. The van der Waals surface area contributed by atoms with E-state index in [4.69, 9.17) is 11.6 Å². The Labute approximate surface area is 101 Å². The van der Waals surface area contributed by atoms with E-state index in [1.807, 2.05) is 25.1 Å². The van der Waals surface area contributed by atoms with Gasteiger partial charge in [0.25, 0.3) is 0 Å². The van der Waals surface area contributed by atoms with Crippen LogP contribution in [0.2, 0.25) is 5.02 Å². The topological polar surface area (TPSA) is 24.9 Å². The molecule has 2 aromatic rings. The van der Waals surface area contributed by atoms with E-state index in [1.54, 1.807) is 0 Å². The minimum atomic E-state index is 0.760. The fourth-order valence-corrected chi connectivity index (χ4v) is 1.99. The summed E-state index contributed by atoms with van der Waals surface area (Å²) in [5.74, 6) is 0. The average Bonchev–Trinajstić information content (AvgIpc) is 2.26. The van der Waals surface area contributed by atoms with Gasteiger partial charge in [0.05, 0.1) is 5.52 Å². The molecule has 16 heavy (non-hydrogen) atoms. The van der Waals surface area contributed by atoms with Crippen LogP contribution in [0, 0.1) is 6.92 Å². The van der Waals surface area contributed by atoms with Crippen molar-refractivity contribution in [1.29, 1.82) is 0 Å². The molecular weight excluding hydrogens is 220 g/mol. The number of aryl methyl sites for hydroxylation is 1. The zero-order chi connectivity index (χ0) is 11.5. The Balaban J connectivity index is 2.55. The van der Waals surface area contributed by atoms with Crippen molar-refractivity contribution in [3.05, 3.63) is 40.5 Å². The van der Waals surface area contributed by atoms with Crippen molar-refractivity contribution in [3.8, 4) is 0 Å². The van der Waals surface area contributed by atoms with Crippen LogP contribution in [0.4, 0.5) is 0 Å². The van der Waals surface area contributed by atoms with Crippen molar-refractivity contribution < 1.29 is 0 Å². The van der Waals surface area contributed by atoms with Crippen LogP contribution in [0.25, 0.3) is 10.9 Å². The van der Waals surface area contributed by atoms with Crippen molar-refractivity contribution in [3.63, 3.8) is 0 Å². The van der Waals surface area contributed by atoms with E-state index in [2.05, 4.69) is 23.3 Å². The number of hydrogen-bond acceptors (Lipinski definition) is 2. The molecule has 84 valence electrons. The van der Waals surface area contributed by atoms with Gasteiger partial charge in [0, 0.05) is 22.6 Å². The molecule has 1 heterocycles. The molecule has 0 saturated heterocycles. The maximum absolute atomic E-state index is 6.02. The fraction of sp³-hybridized carbons (Fsp3) is 0.308. The molecule has 0 spiro atoms. The van der Waals surface area contributed by atoms with Crippen molar-refractivity contribution >= 4 is 22.5 Å². The largest absolute Gasteiger partial charge is 0.313 e. The molecule has 0 amide bonds. The lowest BCUT2D eigenvalue weighted by atomic mass is 10.1. The summed E-state index contributed by atoms with van der Waals surface area (Å²) in [5.41, 5.74) is 3.31. The minimum absolute atomic E-state index is 0.760. The molecule has 0 bridgehead atoms. The summed E-state index contributed by atoms with van der Waals surface area (Å²) >= 11 is 6.02. The lowest BCUT2D eigenvalue weighted by Crippen LogP contribution is -2.12. The lowest BCUT2D eigenvalue weighted by molar-refractivity contribution is 0.729. The van der Waals surface area contributed by atoms with Crippen LogP contribution in [0.1, 0.15) is 18.2 Å². The molecule has 0 aliphatic carbocycles. The van der Waals surface area contributed by atoms with Crippen LogP contribution in [0.15, 0.2) is 24.3 Å². The molecule has 0 aliphatic heterocycles. The standard InChI is InChI=1S/C13H15ClN2/c1-3-15-8-10-6-9(2)16-13-5-4-11(14)7-12(10)13/h4-7,15H,3,8H2,1-2H3. The molecule has 2 rings (SSSR count). The summed E-state index contributed by atoms with van der Waals surface area (Å²) in [5, 5.41) is 5.23. The average molecular weight is 235 g/mol. The molecule has 0 fully saturated rings. The summed E-state index contributed by atoms with van der Waals surface area (Å²) in [6, 6.07) is 7.95. The Morgan fingerprint density at radius 3 is 2.88 bits per heavy atom. The van der Waals surface area contributed by atoms with E-state index < -0.39 is 0 Å². The first-order chi connectivity index (χ1) is 7.70. The second-order valence-electron chi connectivity index (χ2n) is 3.86. The van der Waals surface area contributed by atoms with Gasteiger partial charge in [-0.1, -0.05) is 18.5 Å². The third-order valence-corrected chi connectivity index (χ3v) is 2.79. The number of benzene rings is 1. The number of hydrogen-bond donors (Lipinski definition) is 1. The highest BCUT2D eigenvalue weighted by atomic mass is 35.5. The molecule has 3 heteroatoms. The molecule has 1 aromatic heterocycles. The van der Waals surface area contributed by atoms with E-state index in [9.17, 15) is 0 Å². The number of aromatic nitrogens is 1. The van der Waals surface area contributed by atoms with E-state index in [0.29, 0.717) is 0 Å². The zero-order valence-electron chi connectivity index (χ0n) is 9.55. The van der Waals surface area contributed by atoms with Gasteiger partial charge in [-0.25, -0.2) is 0 Å². The Morgan fingerprint density at radius 2 is 2.12 bits per heavy atom. The molecule has 0 aliphatic rings. The first kappa shape index (κ1) is 11.4. The van der Waals surface area contributed by atoms with Crippen molar-refractivity contribution in [2.75, 3.05) is 6.54 Å².